The Morgan fingerprint density at radius 1 is 1.00 bits per heavy atom. The summed E-state index contributed by atoms with van der Waals surface area (Å²) in [5.74, 6) is -0.531. The lowest BCUT2D eigenvalue weighted by Gasteiger charge is -2.10. The molecule has 3 amide bonds. The van der Waals surface area contributed by atoms with Gasteiger partial charge in [0.25, 0.3) is 11.8 Å². The fraction of sp³-hybridized carbons (Fsp3) is 0.211. The van der Waals surface area contributed by atoms with Gasteiger partial charge in [0.15, 0.2) is 6.61 Å². The third-order valence-corrected chi connectivity index (χ3v) is 4.19. The number of benzene rings is 2. The fourth-order valence-electron chi connectivity index (χ4n) is 2.23. The summed E-state index contributed by atoms with van der Waals surface area (Å²) >= 11 is 5.93. The third kappa shape index (κ3) is 5.46. The number of para-hydroxylation sites is 1. The van der Waals surface area contributed by atoms with Gasteiger partial charge in [-0.2, -0.15) is 0 Å². The Morgan fingerprint density at radius 3 is 2.37 bits per heavy atom. The Kier molecular flexibility index (Phi) is 5.93. The summed E-state index contributed by atoms with van der Waals surface area (Å²) < 4.78 is 5.28. The first-order valence-corrected chi connectivity index (χ1v) is 8.78. The van der Waals surface area contributed by atoms with Crippen molar-refractivity contribution in [2.45, 2.75) is 12.8 Å². The summed E-state index contributed by atoms with van der Waals surface area (Å²) in [6, 6.07) is 13.2. The molecule has 0 spiro atoms. The number of hydrazine groups is 1. The molecule has 1 fully saturated rings. The Balaban J connectivity index is 1.43. The molecular formula is C19H18ClN3O4. The first kappa shape index (κ1) is 18.7. The van der Waals surface area contributed by atoms with E-state index < -0.39 is 11.8 Å². The van der Waals surface area contributed by atoms with Crippen LogP contribution in [0.25, 0.3) is 0 Å². The van der Waals surface area contributed by atoms with E-state index in [0.29, 0.717) is 22.0 Å². The topological polar surface area (TPSA) is 96.5 Å². The minimum atomic E-state index is -0.531. The normalized spacial score (nSPS) is 12.8. The second-order valence-electron chi connectivity index (χ2n) is 6.06. The zero-order valence-electron chi connectivity index (χ0n) is 14.3. The van der Waals surface area contributed by atoms with Gasteiger partial charge in [0.1, 0.15) is 5.75 Å². The molecule has 8 heteroatoms. The van der Waals surface area contributed by atoms with Crippen LogP contribution in [-0.4, -0.2) is 24.3 Å². The number of carbonyl (C=O) groups excluding carboxylic acids is 3. The molecule has 2 aromatic rings. The molecule has 0 saturated heterocycles. The van der Waals surface area contributed by atoms with Crippen LogP contribution >= 0.6 is 11.6 Å². The van der Waals surface area contributed by atoms with Gasteiger partial charge in [0, 0.05) is 17.2 Å². The summed E-state index contributed by atoms with van der Waals surface area (Å²) in [4.78, 5) is 35.5. The smallest absolute Gasteiger partial charge is 0.276 e. The monoisotopic (exact) mass is 387 g/mol. The maximum Gasteiger partial charge on any atom is 0.276 e. The molecule has 0 radical (unpaired) electrons. The van der Waals surface area contributed by atoms with Gasteiger partial charge < -0.3 is 10.1 Å². The number of ether oxygens (including phenoxy) is 1. The number of amides is 3. The molecule has 0 bridgehead atoms. The van der Waals surface area contributed by atoms with E-state index >= 15 is 0 Å². The van der Waals surface area contributed by atoms with Crippen molar-refractivity contribution in [3.8, 4) is 5.75 Å². The second kappa shape index (κ2) is 8.55. The van der Waals surface area contributed by atoms with Crippen molar-refractivity contribution in [3.05, 3.63) is 59.1 Å². The molecule has 0 unspecified atom stereocenters. The molecule has 0 aromatic heterocycles. The lowest BCUT2D eigenvalue weighted by molar-refractivity contribution is -0.123. The first-order chi connectivity index (χ1) is 13.0. The minimum Gasteiger partial charge on any atom is -0.482 e. The highest BCUT2D eigenvalue weighted by Gasteiger charge is 2.29. The summed E-state index contributed by atoms with van der Waals surface area (Å²) in [5, 5.41) is 3.18. The molecular weight excluding hydrogens is 370 g/mol. The standard InChI is InChI=1S/C19H18ClN3O4/c20-15-3-1-2-4-16(15)27-11-17(24)22-23-19(26)13-7-9-14(10-8-13)21-18(25)12-5-6-12/h1-4,7-10,12H,5-6,11H2,(H,21,25)(H,22,24)(H,23,26). The van der Waals surface area contributed by atoms with Crippen LogP contribution in [0.2, 0.25) is 5.02 Å². The molecule has 7 nitrogen and oxygen atoms in total. The van der Waals surface area contributed by atoms with Crippen LogP contribution in [0.1, 0.15) is 23.2 Å². The summed E-state index contributed by atoms with van der Waals surface area (Å²) in [5.41, 5.74) is 5.53. The summed E-state index contributed by atoms with van der Waals surface area (Å²) in [7, 11) is 0. The van der Waals surface area contributed by atoms with Crippen LogP contribution in [0, 0.1) is 5.92 Å². The van der Waals surface area contributed by atoms with Gasteiger partial charge in [0.2, 0.25) is 5.91 Å². The van der Waals surface area contributed by atoms with Gasteiger partial charge in [0.05, 0.1) is 5.02 Å². The number of carbonyl (C=O) groups is 3. The average molecular weight is 388 g/mol. The predicted octanol–water partition coefficient (Wildman–Crippen LogP) is 2.53. The maximum atomic E-state index is 12.1. The van der Waals surface area contributed by atoms with Gasteiger partial charge in [-0.05, 0) is 49.2 Å². The van der Waals surface area contributed by atoms with E-state index in [1.54, 1.807) is 48.5 Å². The molecule has 1 aliphatic rings. The van der Waals surface area contributed by atoms with Crippen molar-refractivity contribution in [2.24, 2.45) is 5.92 Å². The zero-order valence-corrected chi connectivity index (χ0v) is 15.1. The Morgan fingerprint density at radius 2 is 1.70 bits per heavy atom. The van der Waals surface area contributed by atoms with Crippen molar-refractivity contribution >= 4 is 35.0 Å². The van der Waals surface area contributed by atoms with Crippen LogP contribution in [0.4, 0.5) is 5.69 Å². The molecule has 0 atom stereocenters. The van der Waals surface area contributed by atoms with E-state index in [2.05, 4.69) is 16.2 Å². The third-order valence-electron chi connectivity index (χ3n) is 3.87. The number of hydrogen-bond acceptors (Lipinski definition) is 4. The highest BCUT2D eigenvalue weighted by Crippen LogP contribution is 2.30. The van der Waals surface area contributed by atoms with Crippen molar-refractivity contribution in [3.63, 3.8) is 0 Å². The van der Waals surface area contributed by atoms with E-state index in [-0.39, 0.29) is 18.4 Å². The van der Waals surface area contributed by atoms with E-state index in [9.17, 15) is 14.4 Å². The quantitative estimate of drug-likeness (QED) is 0.663. The zero-order chi connectivity index (χ0) is 19.2. The van der Waals surface area contributed by atoms with Gasteiger partial charge in [-0.1, -0.05) is 23.7 Å². The number of rotatable bonds is 6. The van der Waals surface area contributed by atoms with E-state index in [1.807, 2.05) is 0 Å². The lowest BCUT2D eigenvalue weighted by Crippen LogP contribution is -2.43. The minimum absolute atomic E-state index is 0.00187. The van der Waals surface area contributed by atoms with Crippen LogP contribution in [0.3, 0.4) is 0 Å². The summed E-state index contributed by atoms with van der Waals surface area (Å²) in [6.07, 6.45) is 1.85. The van der Waals surface area contributed by atoms with E-state index in [4.69, 9.17) is 16.3 Å². The molecule has 0 heterocycles. The second-order valence-corrected chi connectivity index (χ2v) is 6.47. The van der Waals surface area contributed by atoms with Gasteiger partial charge in [-0.15, -0.1) is 0 Å². The highest BCUT2D eigenvalue weighted by molar-refractivity contribution is 6.32. The Bertz CT molecular complexity index is 850. The maximum absolute atomic E-state index is 12.1. The van der Waals surface area contributed by atoms with Crippen molar-refractivity contribution in [2.75, 3.05) is 11.9 Å². The molecule has 2 aromatic carbocycles. The molecule has 3 rings (SSSR count). The average Bonchev–Trinajstić information content (AvgIpc) is 3.51. The SMILES string of the molecule is O=C(COc1ccccc1Cl)NNC(=O)c1ccc(NC(=O)C2CC2)cc1. The first-order valence-electron chi connectivity index (χ1n) is 8.40. The van der Waals surface area contributed by atoms with Crippen molar-refractivity contribution in [1.82, 2.24) is 10.9 Å². The number of hydrogen-bond donors (Lipinski definition) is 3. The van der Waals surface area contributed by atoms with Crippen molar-refractivity contribution < 1.29 is 19.1 Å². The molecule has 27 heavy (non-hydrogen) atoms. The Hall–Kier alpha value is -3.06. The molecule has 1 aliphatic carbocycles. The van der Waals surface area contributed by atoms with Crippen LogP contribution in [0.5, 0.6) is 5.75 Å². The van der Waals surface area contributed by atoms with Gasteiger partial charge in [-0.3, -0.25) is 25.2 Å². The highest BCUT2D eigenvalue weighted by atomic mass is 35.5. The van der Waals surface area contributed by atoms with E-state index in [0.717, 1.165) is 12.8 Å². The Labute approximate surface area is 161 Å². The predicted molar refractivity (Wildman–Crippen MR) is 100 cm³/mol. The van der Waals surface area contributed by atoms with Gasteiger partial charge in [-0.25, -0.2) is 0 Å². The largest absolute Gasteiger partial charge is 0.482 e. The summed E-state index contributed by atoms with van der Waals surface area (Å²) in [6.45, 7) is -0.295. The van der Waals surface area contributed by atoms with Gasteiger partial charge >= 0.3 is 0 Å². The lowest BCUT2D eigenvalue weighted by atomic mass is 10.2. The number of nitrogens with one attached hydrogen (secondary N) is 3. The molecule has 0 aliphatic heterocycles. The van der Waals surface area contributed by atoms with Crippen LogP contribution in [-0.2, 0) is 9.59 Å². The fourth-order valence-corrected chi connectivity index (χ4v) is 2.42. The molecule has 3 N–H and O–H groups in total. The van der Waals surface area contributed by atoms with Crippen LogP contribution < -0.4 is 20.9 Å². The van der Waals surface area contributed by atoms with Crippen molar-refractivity contribution in [1.29, 1.82) is 0 Å². The molecule has 1 saturated carbocycles. The number of halogens is 1. The number of anilines is 1. The van der Waals surface area contributed by atoms with Crippen LogP contribution in [0.15, 0.2) is 48.5 Å². The molecule has 140 valence electrons. The van der Waals surface area contributed by atoms with E-state index in [1.165, 1.54) is 0 Å².